The molecule has 0 saturated heterocycles. The highest BCUT2D eigenvalue weighted by atomic mass is 127. The van der Waals surface area contributed by atoms with Crippen LogP contribution in [0, 0.1) is 0 Å². The SMILES string of the molecule is C=CCNC(=NC)NC(C)CCc1ccccc1.I. The molecule has 1 unspecified atom stereocenters. The average molecular weight is 373 g/mol. The van der Waals surface area contributed by atoms with Gasteiger partial charge < -0.3 is 10.6 Å². The summed E-state index contributed by atoms with van der Waals surface area (Å²) >= 11 is 0. The quantitative estimate of drug-likeness (QED) is 0.348. The van der Waals surface area contributed by atoms with E-state index < -0.39 is 0 Å². The lowest BCUT2D eigenvalue weighted by molar-refractivity contribution is 0.596. The predicted octanol–water partition coefficient (Wildman–Crippen LogP) is 2.98. The van der Waals surface area contributed by atoms with E-state index >= 15 is 0 Å². The number of benzene rings is 1. The molecule has 4 heteroatoms. The van der Waals surface area contributed by atoms with Crippen LogP contribution in [0.3, 0.4) is 0 Å². The normalized spacial score (nSPS) is 12.2. The summed E-state index contributed by atoms with van der Waals surface area (Å²) in [7, 11) is 1.78. The van der Waals surface area contributed by atoms with E-state index in [1.54, 1.807) is 7.05 Å². The maximum atomic E-state index is 4.17. The Kier molecular flexibility index (Phi) is 10.2. The molecule has 0 amide bonds. The van der Waals surface area contributed by atoms with Gasteiger partial charge in [-0.1, -0.05) is 36.4 Å². The summed E-state index contributed by atoms with van der Waals surface area (Å²) in [6.07, 6.45) is 3.98. The molecule has 2 N–H and O–H groups in total. The molecule has 0 aliphatic heterocycles. The first-order valence-corrected chi connectivity index (χ1v) is 6.38. The zero-order valence-corrected chi connectivity index (χ0v) is 14.1. The molecule has 0 saturated carbocycles. The minimum atomic E-state index is 0. The molecule has 0 aliphatic carbocycles. The number of hydrogen-bond acceptors (Lipinski definition) is 1. The van der Waals surface area contributed by atoms with Gasteiger partial charge in [0.25, 0.3) is 0 Å². The van der Waals surface area contributed by atoms with Crippen LogP contribution in [0.4, 0.5) is 0 Å². The van der Waals surface area contributed by atoms with Crippen LogP contribution in [0.5, 0.6) is 0 Å². The number of aliphatic imine (C=N–C) groups is 1. The van der Waals surface area contributed by atoms with Gasteiger partial charge in [-0.15, -0.1) is 30.6 Å². The highest BCUT2D eigenvalue weighted by Crippen LogP contribution is 2.04. The summed E-state index contributed by atoms with van der Waals surface area (Å²) in [4.78, 5) is 4.17. The first-order valence-electron chi connectivity index (χ1n) is 6.38. The average Bonchev–Trinajstić information content (AvgIpc) is 2.42. The molecule has 1 aromatic carbocycles. The molecule has 0 bridgehead atoms. The monoisotopic (exact) mass is 373 g/mol. The Balaban J connectivity index is 0.00000324. The lowest BCUT2D eigenvalue weighted by Crippen LogP contribution is -2.42. The van der Waals surface area contributed by atoms with E-state index in [9.17, 15) is 0 Å². The van der Waals surface area contributed by atoms with Crippen molar-refractivity contribution >= 4 is 29.9 Å². The van der Waals surface area contributed by atoms with Crippen molar-refractivity contribution in [3.63, 3.8) is 0 Å². The topological polar surface area (TPSA) is 36.4 Å². The number of halogens is 1. The Labute approximate surface area is 133 Å². The predicted molar refractivity (Wildman–Crippen MR) is 94.3 cm³/mol. The number of hydrogen-bond donors (Lipinski definition) is 2. The second-order valence-electron chi connectivity index (χ2n) is 4.31. The third kappa shape index (κ3) is 7.87. The van der Waals surface area contributed by atoms with Crippen molar-refractivity contribution in [2.75, 3.05) is 13.6 Å². The number of nitrogens with zero attached hydrogens (tertiary/aromatic N) is 1. The molecule has 0 spiro atoms. The molecule has 0 fully saturated rings. The largest absolute Gasteiger partial charge is 0.354 e. The first kappa shape index (κ1) is 18.0. The summed E-state index contributed by atoms with van der Waals surface area (Å²) in [5, 5.41) is 6.53. The van der Waals surface area contributed by atoms with E-state index in [-0.39, 0.29) is 24.0 Å². The second kappa shape index (κ2) is 10.8. The maximum absolute atomic E-state index is 4.17. The van der Waals surface area contributed by atoms with Gasteiger partial charge in [0.1, 0.15) is 0 Å². The van der Waals surface area contributed by atoms with Gasteiger partial charge in [0.05, 0.1) is 0 Å². The van der Waals surface area contributed by atoms with E-state index in [0.717, 1.165) is 25.3 Å². The number of nitrogens with one attached hydrogen (secondary N) is 2. The molecular weight excluding hydrogens is 349 g/mol. The fourth-order valence-electron chi connectivity index (χ4n) is 1.70. The molecular formula is C15H24IN3. The Bertz CT molecular complexity index is 376. The molecule has 0 aliphatic rings. The van der Waals surface area contributed by atoms with E-state index in [2.05, 4.69) is 53.4 Å². The van der Waals surface area contributed by atoms with Gasteiger partial charge in [-0.05, 0) is 25.3 Å². The van der Waals surface area contributed by atoms with Crippen molar-refractivity contribution in [3.8, 4) is 0 Å². The van der Waals surface area contributed by atoms with E-state index in [4.69, 9.17) is 0 Å². The minimum Gasteiger partial charge on any atom is -0.354 e. The number of rotatable bonds is 6. The van der Waals surface area contributed by atoms with Gasteiger partial charge in [0.2, 0.25) is 0 Å². The molecule has 1 rings (SSSR count). The molecule has 3 nitrogen and oxygen atoms in total. The zero-order chi connectivity index (χ0) is 13.2. The van der Waals surface area contributed by atoms with Gasteiger partial charge in [0, 0.05) is 19.6 Å². The number of guanidine groups is 1. The highest BCUT2D eigenvalue weighted by Gasteiger charge is 2.04. The minimum absolute atomic E-state index is 0. The Morgan fingerprint density at radius 2 is 2.05 bits per heavy atom. The lowest BCUT2D eigenvalue weighted by atomic mass is 10.1. The van der Waals surface area contributed by atoms with E-state index in [1.165, 1.54) is 5.56 Å². The van der Waals surface area contributed by atoms with Crippen LogP contribution in [0.15, 0.2) is 48.0 Å². The van der Waals surface area contributed by atoms with Gasteiger partial charge in [-0.25, -0.2) is 0 Å². The van der Waals surface area contributed by atoms with Crippen molar-refractivity contribution in [1.29, 1.82) is 0 Å². The summed E-state index contributed by atoms with van der Waals surface area (Å²) in [6, 6.07) is 10.9. The van der Waals surface area contributed by atoms with Crippen molar-refractivity contribution in [2.45, 2.75) is 25.8 Å². The summed E-state index contributed by atoms with van der Waals surface area (Å²) < 4.78 is 0. The number of aryl methyl sites for hydroxylation is 1. The maximum Gasteiger partial charge on any atom is 0.191 e. The van der Waals surface area contributed by atoms with Crippen LogP contribution >= 0.6 is 24.0 Å². The lowest BCUT2D eigenvalue weighted by Gasteiger charge is -2.17. The van der Waals surface area contributed by atoms with Gasteiger partial charge >= 0.3 is 0 Å². The molecule has 1 atom stereocenters. The molecule has 0 radical (unpaired) electrons. The summed E-state index contributed by atoms with van der Waals surface area (Å²) in [5.74, 6) is 0.829. The zero-order valence-electron chi connectivity index (χ0n) is 11.7. The Hall–Kier alpha value is -1.04. The van der Waals surface area contributed by atoms with Crippen LogP contribution in [-0.4, -0.2) is 25.6 Å². The van der Waals surface area contributed by atoms with Crippen molar-refractivity contribution < 1.29 is 0 Å². The molecule has 106 valence electrons. The van der Waals surface area contributed by atoms with Gasteiger partial charge in [0.15, 0.2) is 5.96 Å². The molecule has 1 aromatic rings. The molecule has 0 aromatic heterocycles. The van der Waals surface area contributed by atoms with Crippen LogP contribution in [0.1, 0.15) is 18.9 Å². The Morgan fingerprint density at radius 1 is 1.37 bits per heavy atom. The van der Waals surface area contributed by atoms with Crippen LogP contribution < -0.4 is 10.6 Å². The fraction of sp³-hybridized carbons (Fsp3) is 0.400. The molecule has 19 heavy (non-hydrogen) atoms. The molecule has 0 heterocycles. The van der Waals surface area contributed by atoms with E-state index in [0.29, 0.717) is 6.04 Å². The standard InChI is InChI=1S/C15H23N3.HI/c1-4-12-17-15(16-3)18-13(2)10-11-14-8-6-5-7-9-14;/h4-9,13H,1,10-12H2,2-3H3,(H2,16,17,18);1H. The van der Waals surface area contributed by atoms with Crippen LogP contribution in [0.2, 0.25) is 0 Å². The van der Waals surface area contributed by atoms with Crippen LogP contribution in [0.25, 0.3) is 0 Å². The third-order valence-corrected chi connectivity index (χ3v) is 2.73. The van der Waals surface area contributed by atoms with Crippen molar-refractivity contribution in [3.05, 3.63) is 48.6 Å². The van der Waals surface area contributed by atoms with Gasteiger partial charge in [-0.2, -0.15) is 0 Å². The summed E-state index contributed by atoms with van der Waals surface area (Å²) in [6.45, 7) is 6.57. The first-order chi connectivity index (χ1) is 8.76. The van der Waals surface area contributed by atoms with E-state index in [1.807, 2.05) is 12.1 Å². The third-order valence-electron chi connectivity index (χ3n) is 2.73. The van der Waals surface area contributed by atoms with Crippen LogP contribution in [-0.2, 0) is 6.42 Å². The Morgan fingerprint density at radius 3 is 2.63 bits per heavy atom. The smallest absolute Gasteiger partial charge is 0.191 e. The van der Waals surface area contributed by atoms with Crippen molar-refractivity contribution in [1.82, 2.24) is 10.6 Å². The second-order valence-corrected chi connectivity index (χ2v) is 4.31. The van der Waals surface area contributed by atoms with Crippen molar-refractivity contribution in [2.24, 2.45) is 4.99 Å². The summed E-state index contributed by atoms with van der Waals surface area (Å²) in [5.41, 5.74) is 1.38. The fourth-order valence-corrected chi connectivity index (χ4v) is 1.70. The van der Waals surface area contributed by atoms with Gasteiger partial charge in [-0.3, -0.25) is 4.99 Å². The highest BCUT2D eigenvalue weighted by molar-refractivity contribution is 14.0.